The summed E-state index contributed by atoms with van der Waals surface area (Å²) in [4.78, 5) is 23.1. The predicted octanol–water partition coefficient (Wildman–Crippen LogP) is 5.57. The van der Waals surface area contributed by atoms with Gasteiger partial charge in [0, 0.05) is 55.1 Å². The Balaban J connectivity index is 1.11. The molecule has 37 heavy (non-hydrogen) atoms. The highest BCUT2D eigenvalue weighted by atomic mass is 19.3. The molecule has 0 atom stereocenters. The van der Waals surface area contributed by atoms with Crippen LogP contribution in [0.25, 0.3) is 22.5 Å². The van der Waals surface area contributed by atoms with Gasteiger partial charge < -0.3 is 15.0 Å². The number of ether oxygens (including phenoxy) is 1. The summed E-state index contributed by atoms with van der Waals surface area (Å²) < 4.78 is 31.3. The molecule has 3 heterocycles. The number of rotatable bonds is 5. The van der Waals surface area contributed by atoms with Gasteiger partial charge in [0.15, 0.2) is 5.82 Å². The normalized spacial score (nSPS) is 16.5. The van der Waals surface area contributed by atoms with Crippen LogP contribution >= 0.6 is 0 Å². The van der Waals surface area contributed by atoms with Crippen LogP contribution in [0.3, 0.4) is 0 Å². The summed E-state index contributed by atoms with van der Waals surface area (Å²) in [5.74, 6) is -1.44. The number of nitrogens with one attached hydrogen (secondary N) is 2. The molecule has 188 valence electrons. The second-order valence-electron chi connectivity index (χ2n) is 9.38. The van der Waals surface area contributed by atoms with E-state index in [1.54, 1.807) is 17.3 Å². The molecule has 1 fully saturated rings. The topological polar surface area (TPSA) is 96.0 Å². The van der Waals surface area contributed by atoms with Crippen molar-refractivity contribution in [1.29, 1.82) is 0 Å². The summed E-state index contributed by atoms with van der Waals surface area (Å²) in [7, 11) is 0. The van der Waals surface area contributed by atoms with Gasteiger partial charge >= 0.3 is 6.09 Å². The highest BCUT2D eigenvalue weighted by molar-refractivity contribution is 5.70. The zero-order valence-electron chi connectivity index (χ0n) is 19.8. The molecule has 0 spiro atoms. The molecule has 2 aromatic heterocycles. The molecule has 0 unspecified atom stereocenters. The van der Waals surface area contributed by atoms with Crippen molar-refractivity contribution >= 4 is 17.6 Å². The first-order valence-corrected chi connectivity index (χ1v) is 12.1. The van der Waals surface area contributed by atoms with Crippen molar-refractivity contribution in [3.8, 4) is 22.5 Å². The second kappa shape index (κ2) is 9.27. The lowest BCUT2D eigenvalue weighted by molar-refractivity contribution is -0.148. The quantitative estimate of drug-likeness (QED) is 0.371. The minimum Gasteiger partial charge on any atom is -0.446 e. The van der Waals surface area contributed by atoms with Crippen molar-refractivity contribution < 1.29 is 18.3 Å². The third kappa shape index (κ3) is 5.00. The van der Waals surface area contributed by atoms with E-state index in [2.05, 4.69) is 25.5 Å². The van der Waals surface area contributed by atoms with Gasteiger partial charge in [0.2, 0.25) is 0 Å². The number of H-pyrrole nitrogens is 1. The Labute approximate surface area is 211 Å². The Bertz CT molecular complexity index is 1420. The number of alkyl halides is 2. The molecule has 6 rings (SSSR count). The highest BCUT2D eigenvalue weighted by Gasteiger charge is 2.48. The van der Waals surface area contributed by atoms with Crippen molar-refractivity contribution in [2.75, 3.05) is 11.9 Å². The number of nitrogens with zero attached hydrogens (tertiary/aromatic N) is 4. The van der Waals surface area contributed by atoms with Gasteiger partial charge in [-0.05, 0) is 47.4 Å². The zero-order chi connectivity index (χ0) is 25.4. The van der Waals surface area contributed by atoms with E-state index in [-0.39, 0.29) is 0 Å². The number of hydrogen-bond donors (Lipinski definition) is 2. The van der Waals surface area contributed by atoms with Gasteiger partial charge in [-0.25, -0.2) is 23.5 Å². The molecular weight excluding hydrogens is 478 g/mol. The van der Waals surface area contributed by atoms with Crippen LogP contribution in [0.15, 0.2) is 67.1 Å². The summed E-state index contributed by atoms with van der Waals surface area (Å²) in [6.45, 7) is 0.852. The first kappa shape index (κ1) is 23.1. The summed E-state index contributed by atoms with van der Waals surface area (Å²) in [5, 5.41) is 10.1. The maximum atomic E-state index is 13.0. The number of amides is 1. The predicted molar refractivity (Wildman–Crippen MR) is 133 cm³/mol. The summed E-state index contributed by atoms with van der Waals surface area (Å²) in [6.07, 6.45) is 3.97. The standard InChI is InChI=1S/C27H24F2N6O2/c28-27(29)12-23(13-27)37-26(36)35-10-8-18-11-19(1-2-20(18)16-35)25-30-9-7-24(34-25)33-22-5-3-17(4-6-22)21-14-31-32-15-21/h1-7,9,11,14-15,23H,8,10,12-13,16H2,(H,31,32)(H,30,33,34). The molecule has 2 N–H and O–H groups in total. The molecule has 8 nitrogen and oxygen atoms in total. The number of aromatic amines is 1. The Morgan fingerprint density at radius 3 is 2.62 bits per heavy atom. The minimum atomic E-state index is -2.71. The van der Waals surface area contributed by atoms with E-state index in [4.69, 9.17) is 4.74 Å². The van der Waals surface area contributed by atoms with Gasteiger partial charge in [-0.3, -0.25) is 5.10 Å². The average molecular weight is 503 g/mol. The Morgan fingerprint density at radius 2 is 1.86 bits per heavy atom. The van der Waals surface area contributed by atoms with Gasteiger partial charge in [0.1, 0.15) is 11.9 Å². The molecule has 1 aliphatic carbocycles. The van der Waals surface area contributed by atoms with Gasteiger partial charge in [0.05, 0.1) is 6.20 Å². The Hall–Kier alpha value is -4.34. The minimum absolute atomic E-state index is 0.384. The third-order valence-corrected chi connectivity index (χ3v) is 6.70. The van der Waals surface area contributed by atoms with Gasteiger partial charge in [0.25, 0.3) is 5.92 Å². The molecule has 4 aromatic rings. The molecule has 0 radical (unpaired) electrons. The van der Waals surface area contributed by atoms with Gasteiger partial charge in [-0.1, -0.05) is 24.3 Å². The van der Waals surface area contributed by atoms with E-state index in [0.29, 0.717) is 31.2 Å². The Kier molecular flexibility index (Phi) is 5.78. The number of benzene rings is 2. The molecular formula is C27H24F2N6O2. The van der Waals surface area contributed by atoms with Crippen LogP contribution in [-0.4, -0.2) is 49.7 Å². The molecule has 0 saturated heterocycles. The summed E-state index contributed by atoms with van der Waals surface area (Å²) in [6, 6.07) is 15.7. The summed E-state index contributed by atoms with van der Waals surface area (Å²) in [5.41, 5.74) is 5.97. The molecule has 1 aliphatic heterocycles. The zero-order valence-corrected chi connectivity index (χ0v) is 19.8. The first-order chi connectivity index (χ1) is 17.9. The number of halogens is 2. The first-order valence-electron chi connectivity index (χ1n) is 12.1. The van der Waals surface area contributed by atoms with Gasteiger partial charge in [-0.2, -0.15) is 5.10 Å². The molecule has 2 aliphatic rings. The second-order valence-corrected chi connectivity index (χ2v) is 9.38. The third-order valence-electron chi connectivity index (χ3n) is 6.70. The fraction of sp³-hybridized carbons (Fsp3) is 0.259. The maximum Gasteiger partial charge on any atom is 0.410 e. The number of aromatic nitrogens is 4. The smallest absolute Gasteiger partial charge is 0.410 e. The SMILES string of the molecule is O=C(OC1CC(F)(F)C1)N1CCc2cc(-c3nccc(Nc4ccc(-c5cn[nH]c5)cc4)n3)ccc2C1. The fourth-order valence-corrected chi connectivity index (χ4v) is 4.62. The number of hydrogen-bond acceptors (Lipinski definition) is 6. The van der Waals surface area contributed by atoms with Gasteiger partial charge in [-0.15, -0.1) is 0 Å². The van der Waals surface area contributed by atoms with Crippen LogP contribution in [0.2, 0.25) is 0 Å². The number of carbonyl (C=O) groups excluding carboxylic acids is 1. The monoisotopic (exact) mass is 502 g/mol. The summed E-state index contributed by atoms with van der Waals surface area (Å²) >= 11 is 0. The van der Waals surface area contributed by atoms with E-state index in [1.165, 1.54) is 0 Å². The van der Waals surface area contributed by atoms with E-state index < -0.39 is 31.0 Å². The maximum absolute atomic E-state index is 13.0. The lowest BCUT2D eigenvalue weighted by Crippen LogP contribution is -2.46. The largest absolute Gasteiger partial charge is 0.446 e. The lowest BCUT2D eigenvalue weighted by atomic mass is 9.91. The number of fused-ring (bicyclic) bond motifs is 1. The molecule has 2 aromatic carbocycles. The number of carbonyl (C=O) groups is 1. The van der Waals surface area contributed by atoms with Crippen LogP contribution in [-0.2, 0) is 17.7 Å². The van der Waals surface area contributed by atoms with Crippen LogP contribution < -0.4 is 5.32 Å². The van der Waals surface area contributed by atoms with E-state index in [1.807, 2.05) is 54.7 Å². The van der Waals surface area contributed by atoms with E-state index in [0.717, 1.165) is 33.5 Å². The van der Waals surface area contributed by atoms with Crippen LogP contribution in [0, 0.1) is 0 Å². The fourth-order valence-electron chi connectivity index (χ4n) is 4.62. The van der Waals surface area contributed by atoms with Crippen LogP contribution in [0.4, 0.5) is 25.1 Å². The lowest BCUT2D eigenvalue weighted by Gasteiger charge is -2.36. The molecule has 10 heteroatoms. The van der Waals surface area contributed by atoms with Crippen molar-refractivity contribution in [1.82, 2.24) is 25.1 Å². The van der Waals surface area contributed by atoms with Crippen LogP contribution in [0.5, 0.6) is 0 Å². The van der Waals surface area contributed by atoms with E-state index >= 15 is 0 Å². The number of anilines is 2. The van der Waals surface area contributed by atoms with Crippen molar-refractivity contribution in [3.63, 3.8) is 0 Å². The van der Waals surface area contributed by atoms with Crippen molar-refractivity contribution in [3.05, 3.63) is 78.2 Å². The van der Waals surface area contributed by atoms with Crippen molar-refractivity contribution in [2.24, 2.45) is 0 Å². The van der Waals surface area contributed by atoms with Crippen molar-refractivity contribution in [2.45, 2.75) is 37.8 Å². The Morgan fingerprint density at radius 1 is 1.05 bits per heavy atom. The molecule has 1 amide bonds. The molecule has 0 bridgehead atoms. The highest BCUT2D eigenvalue weighted by Crippen LogP contribution is 2.39. The average Bonchev–Trinajstić information content (AvgIpc) is 3.43. The van der Waals surface area contributed by atoms with E-state index in [9.17, 15) is 13.6 Å². The molecule has 1 saturated carbocycles. The van der Waals surface area contributed by atoms with Crippen LogP contribution in [0.1, 0.15) is 24.0 Å².